The molecule has 1 N–H and O–H groups in total. The van der Waals surface area contributed by atoms with E-state index >= 15 is 0 Å². The highest BCUT2D eigenvalue weighted by Crippen LogP contribution is 2.38. The number of nitrogens with one attached hydrogen (secondary N) is 1. The third-order valence-electron chi connectivity index (χ3n) is 4.93. The monoisotopic (exact) mass is 355 g/mol. The van der Waals surface area contributed by atoms with E-state index in [0.29, 0.717) is 23.3 Å². The Balaban J connectivity index is 1.43. The van der Waals surface area contributed by atoms with Crippen LogP contribution < -0.4 is 5.32 Å². The Labute approximate surface area is 145 Å². The molecule has 3 heterocycles. The van der Waals surface area contributed by atoms with Crippen molar-refractivity contribution >= 4 is 26.8 Å². The quantitative estimate of drug-likeness (QED) is 0.771. The average molecular weight is 355 g/mol. The molecule has 8 heteroatoms. The Hall–Kier alpha value is -2.48. The van der Waals surface area contributed by atoms with E-state index in [9.17, 15) is 8.42 Å². The number of fused-ring (bicyclic) bond motifs is 2. The largest absolute Gasteiger partial charge is 0.367 e. The zero-order chi connectivity index (χ0) is 17.0. The van der Waals surface area contributed by atoms with Crippen LogP contribution in [0.4, 0.5) is 5.82 Å². The molecule has 5 rings (SSSR count). The Morgan fingerprint density at radius 1 is 1.16 bits per heavy atom. The van der Waals surface area contributed by atoms with E-state index in [1.54, 1.807) is 12.1 Å². The number of nitrogens with zero attached hydrogens (tertiary/aromatic N) is 4. The van der Waals surface area contributed by atoms with Crippen molar-refractivity contribution in [1.29, 1.82) is 0 Å². The number of imidazole rings is 1. The number of sulfone groups is 1. The van der Waals surface area contributed by atoms with Gasteiger partial charge in [0.1, 0.15) is 11.8 Å². The summed E-state index contributed by atoms with van der Waals surface area (Å²) in [5.41, 5.74) is 2.45. The molecule has 1 unspecified atom stereocenters. The normalized spacial score (nSPS) is 21.4. The van der Waals surface area contributed by atoms with Crippen LogP contribution in [0.1, 0.15) is 30.4 Å². The minimum absolute atomic E-state index is 0.0864. The highest BCUT2D eigenvalue weighted by Gasteiger charge is 2.34. The van der Waals surface area contributed by atoms with Gasteiger partial charge in [0.05, 0.1) is 17.0 Å². The molecule has 3 aromatic rings. The molecule has 7 nitrogen and oxygen atoms in total. The molecule has 1 aliphatic heterocycles. The first-order chi connectivity index (χ1) is 12.1. The van der Waals surface area contributed by atoms with Gasteiger partial charge in [-0.2, -0.15) is 0 Å². The first kappa shape index (κ1) is 14.8. The molecule has 1 saturated carbocycles. The van der Waals surface area contributed by atoms with Crippen LogP contribution in [0.15, 0.2) is 41.8 Å². The highest BCUT2D eigenvalue weighted by atomic mass is 32.2. The van der Waals surface area contributed by atoms with Gasteiger partial charge in [-0.1, -0.05) is 18.2 Å². The van der Waals surface area contributed by atoms with Gasteiger partial charge < -0.3 is 9.88 Å². The van der Waals surface area contributed by atoms with Crippen molar-refractivity contribution in [3.63, 3.8) is 0 Å². The predicted octanol–water partition coefficient (Wildman–Crippen LogP) is 2.14. The van der Waals surface area contributed by atoms with Crippen molar-refractivity contribution < 1.29 is 8.42 Å². The van der Waals surface area contributed by atoms with E-state index in [-0.39, 0.29) is 11.7 Å². The fourth-order valence-corrected chi connectivity index (χ4v) is 5.42. The molecule has 2 aromatic heterocycles. The van der Waals surface area contributed by atoms with Crippen LogP contribution in [0.5, 0.6) is 0 Å². The van der Waals surface area contributed by atoms with Crippen molar-refractivity contribution in [2.45, 2.75) is 29.7 Å². The van der Waals surface area contributed by atoms with Gasteiger partial charge in [0.25, 0.3) is 0 Å². The molecule has 0 radical (unpaired) electrons. The van der Waals surface area contributed by atoms with Gasteiger partial charge in [0, 0.05) is 18.5 Å². The van der Waals surface area contributed by atoms with Crippen molar-refractivity contribution in [2.75, 3.05) is 17.6 Å². The second-order valence-corrected chi connectivity index (χ2v) is 8.68. The smallest absolute Gasteiger partial charge is 0.179 e. The lowest BCUT2D eigenvalue weighted by molar-refractivity contribution is 0.598. The van der Waals surface area contributed by atoms with E-state index < -0.39 is 9.84 Å². The van der Waals surface area contributed by atoms with Gasteiger partial charge in [-0.15, -0.1) is 0 Å². The molecule has 1 aliphatic carbocycles. The van der Waals surface area contributed by atoms with Gasteiger partial charge >= 0.3 is 0 Å². The fourth-order valence-electron chi connectivity index (χ4n) is 3.54. The Morgan fingerprint density at radius 3 is 2.84 bits per heavy atom. The summed E-state index contributed by atoms with van der Waals surface area (Å²) in [5, 5.41) is 3.29. The molecule has 0 amide bonds. The SMILES string of the molecule is O=S1(=O)CC(CNc2ncnc3c2ncn3C2CC2)c2ccccc21. The summed E-state index contributed by atoms with van der Waals surface area (Å²) in [7, 11) is -3.19. The van der Waals surface area contributed by atoms with E-state index in [2.05, 4.69) is 24.8 Å². The number of hydrogen-bond donors (Lipinski definition) is 1. The van der Waals surface area contributed by atoms with E-state index in [1.165, 1.54) is 6.33 Å². The maximum absolute atomic E-state index is 12.3. The van der Waals surface area contributed by atoms with Crippen molar-refractivity contribution in [1.82, 2.24) is 19.5 Å². The van der Waals surface area contributed by atoms with Crippen molar-refractivity contribution in [3.05, 3.63) is 42.5 Å². The number of aromatic nitrogens is 4. The number of benzene rings is 1. The van der Waals surface area contributed by atoms with Crippen LogP contribution in [0.25, 0.3) is 11.2 Å². The Bertz CT molecular complexity index is 1070. The molecule has 0 saturated heterocycles. The number of rotatable bonds is 4. The predicted molar refractivity (Wildman–Crippen MR) is 93.3 cm³/mol. The van der Waals surface area contributed by atoms with E-state index in [4.69, 9.17) is 0 Å². The van der Waals surface area contributed by atoms with E-state index in [1.807, 2.05) is 18.5 Å². The lowest BCUT2D eigenvalue weighted by Crippen LogP contribution is -2.15. The van der Waals surface area contributed by atoms with Gasteiger partial charge in [-0.05, 0) is 24.5 Å². The third-order valence-corrected chi connectivity index (χ3v) is 6.81. The first-order valence-corrected chi connectivity index (χ1v) is 10.0. The third kappa shape index (κ3) is 2.39. The molecular formula is C17H17N5O2S. The summed E-state index contributed by atoms with van der Waals surface area (Å²) in [6, 6.07) is 7.73. The highest BCUT2D eigenvalue weighted by molar-refractivity contribution is 7.91. The minimum Gasteiger partial charge on any atom is -0.367 e. The molecule has 1 aromatic carbocycles. The average Bonchev–Trinajstić information content (AvgIpc) is 3.31. The zero-order valence-corrected chi connectivity index (χ0v) is 14.3. The molecule has 25 heavy (non-hydrogen) atoms. The summed E-state index contributed by atoms with van der Waals surface area (Å²) in [5.74, 6) is 0.701. The lowest BCUT2D eigenvalue weighted by atomic mass is 10.0. The summed E-state index contributed by atoms with van der Waals surface area (Å²) in [4.78, 5) is 13.6. The van der Waals surface area contributed by atoms with Crippen molar-refractivity contribution in [3.8, 4) is 0 Å². The summed E-state index contributed by atoms with van der Waals surface area (Å²) >= 11 is 0. The van der Waals surface area contributed by atoms with Gasteiger partial charge in [0.15, 0.2) is 21.3 Å². The Morgan fingerprint density at radius 2 is 2.00 bits per heavy atom. The standard InChI is InChI=1S/C17H17N5O2S/c23-25(24)8-11(13-3-1-2-4-14(13)25)7-18-16-15-17(20-9-19-16)22(10-21-15)12-5-6-12/h1-4,9-12H,5-8H2,(H,18,19,20). The van der Waals surface area contributed by atoms with Gasteiger partial charge in [0.2, 0.25) is 0 Å². The molecule has 2 aliphatic rings. The Kier molecular flexibility index (Phi) is 3.12. The second-order valence-electron chi connectivity index (χ2n) is 6.67. The molecule has 128 valence electrons. The maximum atomic E-state index is 12.3. The summed E-state index contributed by atoms with van der Waals surface area (Å²) < 4.78 is 26.7. The van der Waals surface area contributed by atoms with Crippen LogP contribution in [-0.2, 0) is 9.84 Å². The van der Waals surface area contributed by atoms with Crippen LogP contribution in [-0.4, -0.2) is 40.2 Å². The number of anilines is 1. The van der Waals surface area contributed by atoms with Crippen molar-refractivity contribution in [2.24, 2.45) is 0 Å². The van der Waals surface area contributed by atoms with Crippen LogP contribution >= 0.6 is 0 Å². The van der Waals surface area contributed by atoms with Gasteiger partial charge in [-0.25, -0.2) is 23.4 Å². The van der Waals surface area contributed by atoms with Crippen LogP contribution in [0, 0.1) is 0 Å². The molecule has 1 fully saturated rings. The fraction of sp³-hybridized carbons (Fsp3) is 0.353. The topological polar surface area (TPSA) is 89.8 Å². The summed E-state index contributed by atoms with van der Waals surface area (Å²) in [6.45, 7) is 0.499. The number of hydrogen-bond acceptors (Lipinski definition) is 6. The van der Waals surface area contributed by atoms with Crippen LogP contribution in [0.2, 0.25) is 0 Å². The molecule has 0 spiro atoms. The second kappa shape index (κ2) is 5.26. The van der Waals surface area contributed by atoms with Crippen LogP contribution in [0.3, 0.4) is 0 Å². The molecule has 1 atom stereocenters. The molecule has 0 bridgehead atoms. The summed E-state index contributed by atoms with van der Waals surface area (Å²) in [6.07, 6.45) is 5.67. The first-order valence-electron chi connectivity index (χ1n) is 8.36. The van der Waals surface area contributed by atoms with E-state index in [0.717, 1.165) is 29.6 Å². The molecular weight excluding hydrogens is 338 g/mol. The zero-order valence-electron chi connectivity index (χ0n) is 13.5. The van der Waals surface area contributed by atoms with Gasteiger partial charge in [-0.3, -0.25) is 0 Å². The lowest BCUT2D eigenvalue weighted by Gasteiger charge is -2.12. The maximum Gasteiger partial charge on any atom is 0.179 e. The minimum atomic E-state index is -3.19.